The van der Waals surface area contributed by atoms with Crippen LogP contribution in [0.5, 0.6) is 23.0 Å². The summed E-state index contributed by atoms with van der Waals surface area (Å²) in [5.74, 6) is -3.27. The zero-order valence-corrected chi connectivity index (χ0v) is 17.7. The molecule has 0 bridgehead atoms. The molecule has 1 radical (unpaired) electrons. The predicted molar refractivity (Wildman–Crippen MR) is 105 cm³/mol. The number of benzene rings is 2. The molecule has 2 aromatic rings. The molecule has 0 aliphatic rings. The summed E-state index contributed by atoms with van der Waals surface area (Å²) < 4.78 is 80.6. The number of ether oxygens (including phenoxy) is 2. The topological polar surface area (TPSA) is 105 Å². The molecule has 0 saturated heterocycles. The summed E-state index contributed by atoms with van der Waals surface area (Å²) in [4.78, 5) is 20.6. The molecule has 0 heterocycles. The van der Waals surface area contributed by atoms with Crippen molar-refractivity contribution in [1.29, 1.82) is 0 Å². The van der Waals surface area contributed by atoms with Crippen molar-refractivity contribution >= 4 is 49.0 Å². The number of hydrogen-bond acceptors (Lipinski definition) is 8. The maximum atomic E-state index is 11.9. The van der Waals surface area contributed by atoms with Crippen molar-refractivity contribution in [3.63, 3.8) is 0 Å². The van der Waals surface area contributed by atoms with E-state index in [0.29, 0.717) is 0 Å². The molecule has 0 fully saturated rings. The van der Waals surface area contributed by atoms with Crippen LogP contribution in [0.3, 0.4) is 0 Å². The molecule has 0 unspecified atom stereocenters. The Labute approximate surface area is 190 Å². The molecule has 32 heavy (non-hydrogen) atoms. The van der Waals surface area contributed by atoms with Gasteiger partial charge in [0.1, 0.15) is 0 Å². The van der Waals surface area contributed by atoms with E-state index in [1.807, 2.05) is 0 Å². The van der Waals surface area contributed by atoms with Crippen molar-refractivity contribution in [2.75, 3.05) is 0 Å². The molecule has 7 nitrogen and oxygen atoms in total. The molecule has 2 rings (SSSR count). The van der Waals surface area contributed by atoms with Crippen molar-refractivity contribution in [3.8, 4) is 23.0 Å². The fourth-order valence-electron chi connectivity index (χ4n) is 1.73. The summed E-state index contributed by atoms with van der Waals surface area (Å²) >= 11 is 6.07. The number of phenols is 2. The summed E-state index contributed by atoms with van der Waals surface area (Å²) in [6, 6.07) is 5.34. The molecule has 0 aliphatic heterocycles. The molecule has 16 heteroatoms. The van der Waals surface area contributed by atoms with E-state index < -0.39 is 35.7 Å². The Balaban J connectivity index is 0.000000536. The number of para-hydroxylation sites is 1. The van der Waals surface area contributed by atoms with Crippen molar-refractivity contribution in [2.45, 2.75) is 12.7 Å². The number of thiol groups is 1. The minimum atomic E-state index is -4.92. The molecule has 173 valence electrons. The second-order valence-corrected chi connectivity index (χ2v) is 6.13. The first-order valence-corrected chi connectivity index (χ1v) is 8.69. The van der Waals surface area contributed by atoms with Crippen LogP contribution in [-0.2, 0) is 0 Å². The van der Waals surface area contributed by atoms with Gasteiger partial charge in [0.2, 0.25) is 0 Å². The van der Waals surface area contributed by atoms with E-state index in [4.69, 9.17) is 5.11 Å². The molecule has 0 aliphatic carbocycles. The fourth-order valence-corrected chi connectivity index (χ4v) is 2.18. The monoisotopic (exact) mass is 548 g/mol. The van der Waals surface area contributed by atoms with Crippen LogP contribution in [0, 0.1) is 0 Å². The third kappa shape index (κ3) is 11.0. The van der Waals surface area contributed by atoms with Crippen LogP contribution in [-0.4, -0.2) is 43.1 Å². The summed E-state index contributed by atoms with van der Waals surface area (Å²) in [6.07, 6.45) is -9.35. The van der Waals surface area contributed by atoms with Crippen LogP contribution in [0.25, 0.3) is 0 Å². The second-order valence-electron chi connectivity index (χ2n) is 4.98. The Morgan fingerprint density at radius 2 is 1.34 bits per heavy atom. The molecule has 0 aromatic heterocycles. The molecule has 0 saturated carbocycles. The van der Waals surface area contributed by atoms with Crippen LogP contribution in [0.4, 0.5) is 26.3 Å². The second kappa shape index (κ2) is 13.0. The zero-order chi connectivity index (χ0) is 25.1. The number of halogens is 7. The first-order valence-electron chi connectivity index (χ1n) is 7.49. The maximum absolute atomic E-state index is 11.9. The van der Waals surface area contributed by atoms with Gasteiger partial charge < -0.3 is 19.7 Å². The summed E-state index contributed by atoms with van der Waals surface area (Å²) in [6.45, 7) is 0. The third-order valence-electron chi connectivity index (χ3n) is 2.80. The van der Waals surface area contributed by atoms with Crippen LogP contribution in [0.2, 0.25) is 0 Å². The van der Waals surface area contributed by atoms with Crippen LogP contribution < -0.4 is 9.47 Å². The minimum absolute atomic E-state index is 0.196. The molecular weight excluding hydrogens is 539 g/mol. The van der Waals surface area contributed by atoms with E-state index in [9.17, 15) is 41.0 Å². The average molecular weight is 549 g/mol. The zero-order valence-electron chi connectivity index (χ0n) is 15.2. The molecule has 0 amide bonds. The Kier molecular flexibility index (Phi) is 11.8. The number of hydrogen-bond donors (Lipinski definition) is 3. The predicted octanol–water partition coefficient (Wildman–Crippen LogP) is 5.15. The van der Waals surface area contributed by atoms with Gasteiger partial charge in [-0.15, -0.1) is 26.3 Å². The summed E-state index contributed by atoms with van der Waals surface area (Å²) in [7, 11) is 4.34. The van der Waals surface area contributed by atoms with E-state index in [0.717, 1.165) is 12.1 Å². The standard InChI is InChI=1S/C8H4BrF3O3.C8H5F3O3.BHNS/c9-5-1-4(3-13)7(14)6(2-5)15-8(10,11)12;9-8(10,11)14-6-3-1-2-5(4-12)7(6)13;1-2-3/h1-3,14H;1-4,13H;3H. The normalized spacial score (nSPS) is 10.5. The fraction of sp³-hybridized carbons (Fsp3) is 0.125. The van der Waals surface area contributed by atoms with Gasteiger partial charge in [-0.25, -0.2) is 0 Å². The Morgan fingerprint density at radius 3 is 1.78 bits per heavy atom. The first-order chi connectivity index (χ1) is 14.7. The van der Waals surface area contributed by atoms with E-state index >= 15 is 0 Å². The van der Waals surface area contributed by atoms with Gasteiger partial charge in [-0.1, -0.05) is 22.0 Å². The molecule has 0 spiro atoms. The van der Waals surface area contributed by atoms with Crippen LogP contribution in [0.15, 0.2) is 39.1 Å². The van der Waals surface area contributed by atoms with Crippen molar-refractivity contribution in [2.24, 2.45) is 4.30 Å². The molecule has 0 atom stereocenters. The van der Waals surface area contributed by atoms with Gasteiger partial charge in [0, 0.05) is 4.47 Å². The number of nitrogens with zero attached hydrogens (tertiary/aromatic N) is 1. The van der Waals surface area contributed by atoms with Crippen LogP contribution >= 0.6 is 28.7 Å². The number of alkyl halides is 6. The van der Waals surface area contributed by atoms with Gasteiger partial charge in [0.05, 0.1) is 11.1 Å². The van der Waals surface area contributed by atoms with Crippen molar-refractivity contribution < 1.29 is 55.6 Å². The van der Waals surface area contributed by atoms with Gasteiger partial charge >= 0.3 is 37.5 Å². The van der Waals surface area contributed by atoms with E-state index in [1.54, 1.807) is 0 Å². The number of carbonyl (C=O) groups is 2. The average Bonchev–Trinajstić information content (AvgIpc) is 2.65. The van der Waals surface area contributed by atoms with Crippen LogP contribution in [0.1, 0.15) is 20.7 Å². The van der Waals surface area contributed by atoms with Crippen molar-refractivity contribution in [1.82, 2.24) is 0 Å². The Hall–Kier alpha value is -2.75. The quantitative estimate of drug-likeness (QED) is 0.211. The van der Waals surface area contributed by atoms with Crippen molar-refractivity contribution in [3.05, 3.63) is 45.9 Å². The third-order valence-corrected chi connectivity index (χ3v) is 3.26. The summed E-state index contributed by atoms with van der Waals surface area (Å²) in [5.41, 5.74) is -0.546. The van der Waals surface area contributed by atoms with E-state index in [-0.39, 0.29) is 28.2 Å². The molecular formula is C16H10BBrF6NO6S. The van der Waals surface area contributed by atoms with Gasteiger partial charge in [0.25, 0.3) is 0 Å². The Morgan fingerprint density at radius 1 is 0.906 bits per heavy atom. The molecule has 2 aromatic carbocycles. The SMILES string of the molecule is O=Cc1cc(Br)cc(OC(F)(F)F)c1O.O=Cc1cccc(OC(F)(F)F)c1O.[B]=NS. The van der Waals surface area contributed by atoms with E-state index in [2.05, 4.69) is 50.2 Å². The van der Waals surface area contributed by atoms with Gasteiger partial charge in [-0.3, -0.25) is 9.59 Å². The number of rotatable bonds is 4. The number of phenolic OH excluding ortho intramolecular Hbond substituents is 2. The number of carbonyl (C=O) groups excluding carboxylic acids is 2. The van der Waals surface area contributed by atoms with Gasteiger partial charge in [-0.05, 0) is 24.3 Å². The Bertz CT molecular complexity index is 944. The van der Waals surface area contributed by atoms with Gasteiger partial charge in [-0.2, -0.15) is 0 Å². The van der Waals surface area contributed by atoms with Gasteiger partial charge in [0.15, 0.2) is 35.6 Å². The number of aldehydes is 2. The number of aromatic hydroxyl groups is 2. The van der Waals surface area contributed by atoms with E-state index in [1.165, 1.54) is 18.2 Å². The summed E-state index contributed by atoms with van der Waals surface area (Å²) in [5, 5.41) is 18.3. The molecule has 2 N–H and O–H groups in total. The first kappa shape index (κ1) is 29.3.